The van der Waals surface area contributed by atoms with E-state index in [-0.39, 0.29) is 5.91 Å². The van der Waals surface area contributed by atoms with Crippen LogP contribution in [0.1, 0.15) is 29.2 Å². The van der Waals surface area contributed by atoms with E-state index in [0.717, 1.165) is 22.6 Å². The number of aryl methyl sites for hydroxylation is 4. The van der Waals surface area contributed by atoms with Gasteiger partial charge in [0.25, 0.3) is 5.91 Å². The highest BCUT2D eigenvalue weighted by molar-refractivity contribution is 5.80. The SMILES string of the molecule is Cc1ccc(OCCNC(=O)C(C)Oc2ccc(C)cc2C)c(C)c1. The lowest BCUT2D eigenvalue weighted by Crippen LogP contribution is -2.38. The molecule has 0 saturated carbocycles. The Morgan fingerprint density at radius 3 is 2.08 bits per heavy atom. The normalized spacial score (nSPS) is 11.7. The van der Waals surface area contributed by atoms with Crippen LogP contribution in [0.25, 0.3) is 0 Å². The molecule has 2 rings (SSSR count). The zero-order chi connectivity index (χ0) is 18.4. The van der Waals surface area contributed by atoms with Crippen molar-refractivity contribution in [3.8, 4) is 11.5 Å². The van der Waals surface area contributed by atoms with Crippen molar-refractivity contribution < 1.29 is 14.3 Å². The van der Waals surface area contributed by atoms with Crippen molar-refractivity contribution in [2.45, 2.75) is 40.7 Å². The fraction of sp³-hybridized carbons (Fsp3) is 0.381. The van der Waals surface area contributed by atoms with Crippen molar-refractivity contribution in [1.82, 2.24) is 5.32 Å². The van der Waals surface area contributed by atoms with Gasteiger partial charge in [-0.15, -0.1) is 0 Å². The number of nitrogens with one attached hydrogen (secondary N) is 1. The van der Waals surface area contributed by atoms with Gasteiger partial charge in [-0.1, -0.05) is 35.4 Å². The van der Waals surface area contributed by atoms with E-state index in [1.54, 1.807) is 6.92 Å². The Labute approximate surface area is 150 Å². The molecule has 2 aromatic rings. The first kappa shape index (κ1) is 18.8. The van der Waals surface area contributed by atoms with Crippen molar-refractivity contribution >= 4 is 5.91 Å². The predicted octanol–water partition coefficient (Wildman–Crippen LogP) is 3.88. The van der Waals surface area contributed by atoms with E-state index in [2.05, 4.69) is 11.4 Å². The van der Waals surface area contributed by atoms with Crippen molar-refractivity contribution in [1.29, 1.82) is 0 Å². The molecule has 0 heterocycles. The maximum Gasteiger partial charge on any atom is 0.260 e. The van der Waals surface area contributed by atoms with Crippen LogP contribution < -0.4 is 14.8 Å². The van der Waals surface area contributed by atoms with Gasteiger partial charge in [0, 0.05) is 0 Å². The highest BCUT2D eigenvalue weighted by Crippen LogP contribution is 2.20. The summed E-state index contributed by atoms with van der Waals surface area (Å²) in [6, 6.07) is 12.0. The molecule has 1 atom stereocenters. The van der Waals surface area contributed by atoms with Crippen LogP contribution >= 0.6 is 0 Å². The van der Waals surface area contributed by atoms with Crippen LogP contribution in [0.3, 0.4) is 0 Å². The lowest BCUT2D eigenvalue weighted by Gasteiger charge is -2.17. The zero-order valence-corrected chi connectivity index (χ0v) is 15.7. The fourth-order valence-electron chi connectivity index (χ4n) is 2.62. The van der Waals surface area contributed by atoms with Gasteiger partial charge in [-0.25, -0.2) is 0 Å². The second-order valence-corrected chi connectivity index (χ2v) is 6.44. The Hall–Kier alpha value is -2.49. The fourth-order valence-corrected chi connectivity index (χ4v) is 2.62. The van der Waals surface area contributed by atoms with Gasteiger partial charge >= 0.3 is 0 Å². The van der Waals surface area contributed by atoms with Crippen LogP contribution in [0.2, 0.25) is 0 Å². The molecule has 4 nitrogen and oxygen atoms in total. The Balaban J connectivity index is 1.77. The first-order valence-corrected chi connectivity index (χ1v) is 8.58. The number of carbonyl (C=O) groups excluding carboxylic acids is 1. The maximum absolute atomic E-state index is 12.2. The summed E-state index contributed by atoms with van der Waals surface area (Å²) < 4.78 is 11.5. The van der Waals surface area contributed by atoms with E-state index in [4.69, 9.17) is 9.47 Å². The van der Waals surface area contributed by atoms with Gasteiger partial charge in [-0.2, -0.15) is 0 Å². The third kappa shape index (κ3) is 5.52. The molecular formula is C21H27NO3. The van der Waals surface area contributed by atoms with Crippen LogP contribution in [0.15, 0.2) is 36.4 Å². The van der Waals surface area contributed by atoms with Crippen LogP contribution in [-0.2, 0) is 4.79 Å². The molecule has 0 fully saturated rings. The molecule has 0 bridgehead atoms. The highest BCUT2D eigenvalue weighted by Gasteiger charge is 2.15. The van der Waals surface area contributed by atoms with E-state index in [1.165, 1.54) is 11.1 Å². The standard InChI is InChI=1S/C21H27NO3/c1-14-6-8-19(16(3)12-14)24-11-10-22-21(23)18(5)25-20-9-7-15(2)13-17(20)4/h6-9,12-13,18H,10-11H2,1-5H3,(H,22,23). The average Bonchev–Trinajstić information content (AvgIpc) is 2.55. The summed E-state index contributed by atoms with van der Waals surface area (Å²) in [5, 5.41) is 2.85. The lowest BCUT2D eigenvalue weighted by molar-refractivity contribution is -0.127. The second-order valence-electron chi connectivity index (χ2n) is 6.44. The molecule has 1 N–H and O–H groups in total. The zero-order valence-electron chi connectivity index (χ0n) is 15.7. The number of amides is 1. The van der Waals surface area contributed by atoms with Crippen molar-refractivity contribution in [3.05, 3.63) is 58.7 Å². The maximum atomic E-state index is 12.2. The molecule has 0 aliphatic heterocycles. The van der Waals surface area contributed by atoms with Gasteiger partial charge in [-0.05, 0) is 57.9 Å². The largest absolute Gasteiger partial charge is 0.491 e. The molecule has 0 radical (unpaired) electrons. The van der Waals surface area contributed by atoms with Gasteiger partial charge < -0.3 is 14.8 Å². The van der Waals surface area contributed by atoms with Gasteiger partial charge in [0.15, 0.2) is 6.10 Å². The molecule has 1 amide bonds. The molecule has 2 aromatic carbocycles. The summed E-state index contributed by atoms with van der Waals surface area (Å²) in [6.45, 7) is 10.7. The Morgan fingerprint density at radius 1 is 0.960 bits per heavy atom. The summed E-state index contributed by atoms with van der Waals surface area (Å²) >= 11 is 0. The summed E-state index contributed by atoms with van der Waals surface area (Å²) in [6.07, 6.45) is -0.553. The van der Waals surface area contributed by atoms with Crippen molar-refractivity contribution in [2.75, 3.05) is 13.2 Å². The van der Waals surface area contributed by atoms with E-state index in [9.17, 15) is 4.79 Å². The minimum Gasteiger partial charge on any atom is -0.491 e. The Kier molecular flexibility index (Phi) is 6.45. The first-order valence-electron chi connectivity index (χ1n) is 8.58. The monoisotopic (exact) mass is 341 g/mol. The third-order valence-corrected chi connectivity index (χ3v) is 3.99. The van der Waals surface area contributed by atoms with Gasteiger partial charge in [0.05, 0.1) is 6.54 Å². The average molecular weight is 341 g/mol. The van der Waals surface area contributed by atoms with Crippen LogP contribution in [0.5, 0.6) is 11.5 Å². The number of hydrogen-bond acceptors (Lipinski definition) is 3. The summed E-state index contributed by atoms with van der Waals surface area (Å²) in [5.41, 5.74) is 4.50. The molecule has 4 heteroatoms. The molecule has 0 aliphatic carbocycles. The quantitative estimate of drug-likeness (QED) is 0.778. The number of hydrogen-bond donors (Lipinski definition) is 1. The molecule has 25 heavy (non-hydrogen) atoms. The van der Waals surface area contributed by atoms with Crippen molar-refractivity contribution in [3.63, 3.8) is 0 Å². The lowest BCUT2D eigenvalue weighted by atomic mass is 10.1. The number of ether oxygens (including phenoxy) is 2. The highest BCUT2D eigenvalue weighted by atomic mass is 16.5. The number of carbonyl (C=O) groups is 1. The van der Waals surface area contributed by atoms with E-state index < -0.39 is 6.10 Å². The van der Waals surface area contributed by atoms with Crippen molar-refractivity contribution in [2.24, 2.45) is 0 Å². The molecular weight excluding hydrogens is 314 g/mol. The van der Waals surface area contributed by atoms with E-state index in [1.807, 2.05) is 58.0 Å². The summed E-state index contributed by atoms with van der Waals surface area (Å²) in [7, 11) is 0. The topological polar surface area (TPSA) is 47.6 Å². The smallest absolute Gasteiger partial charge is 0.260 e. The summed E-state index contributed by atoms with van der Waals surface area (Å²) in [4.78, 5) is 12.2. The van der Waals surface area contributed by atoms with E-state index in [0.29, 0.717) is 13.2 Å². The van der Waals surface area contributed by atoms with Gasteiger partial charge in [0.1, 0.15) is 18.1 Å². The third-order valence-electron chi connectivity index (χ3n) is 3.99. The van der Waals surface area contributed by atoms with Crippen LogP contribution in [0, 0.1) is 27.7 Å². The number of benzene rings is 2. The summed E-state index contributed by atoms with van der Waals surface area (Å²) in [5.74, 6) is 1.43. The first-order chi connectivity index (χ1) is 11.9. The molecule has 0 aliphatic rings. The Morgan fingerprint density at radius 2 is 1.52 bits per heavy atom. The van der Waals surface area contributed by atoms with E-state index >= 15 is 0 Å². The van der Waals surface area contributed by atoms with Gasteiger partial charge in [0.2, 0.25) is 0 Å². The minimum absolute atomic E-state index is 0.149. The molecule has 0 aromatic heterocycles. The Bertz CT molecular complexity index is 740. The molecule has 0 spiro atoms. The molecule has 1 unspecified atom stereocenters. The number of rotatable bonds is 7. The van der Waals surface area contributed by atoms with Gasteiger partial charge in [-0.3, -0.25) is 4.79 Å². The minimum atomic E-state index is -0.553. The molecule has 0 saturated heterocycles. The van der Waals surface area contributed by atoms with Crippen LogP contribution in [0.4, 0.5) is 0 Å². The molecule has 134 valence electrons. The van der Waals surface area contributed by atoms with Crippen LogP contribution in [-0.4, -0.2) is 25.2 Å². The second kappa shape index (κ2) is 8.56. The predicted molar refractivity (Wildman–Crippen MR) is 100 cm³/mol.